The van der Waals surface area contributed by atoms with Crippen LogP contribution in [0, 0.1) is 11.6 Å². The summed E-state index contributed by atoms with van der Waals surface area (Å²) in [5, 5.41) is 6.45. The Labute approximate surface area is 176 Å². The molecule has 0 amide bonds. The summed E-state index contributed by atoms with van der Waals surface area (Å²) >= 11 is 1.34. The summed E-state index contributed by atoms with van der Waals surface area (Å²) in [4.78, 5) is 15.7. The number of nitrogens with zero attached hydrogens (tertiary/aromatic N) is 2. The maximum Gasteiger partial charge on any atom is 0.311 e. The van der Waals surface area contributed by atoms with Crippen LogP contribution in [0.2, 0.25) is 0 Å². The second-order valence-corrected chi connectivity index (χ2v) is 6.99. The minimum atomic E-state index is -0.638. The van der Waals surface area contributed by atoms with Gasteiger partial charge in [0, 0.05) is 11.4 Å². The van der Waals surface area contributed by atoms with Crippen molar-refractivity contribution in [2.45, 2.75) is 20.0 Å². The second-order valence-electron chi connectivity index (χ2n) is 6.13. The molecule has 30 heavy (non-hydrogen) atoms. The lowest BCUT2D eigenvalue weighted by Gasteiger charge is -2.07. The molecule has 9 heteroatoms. The van der Waals surface area contributed by atoms with E-state index in [1.54, 1.807) is 42.8 Å². The number of anilines is 1. The molecule has 2 aromatic carbocycles. The lowest BCUT2D eigenvalue weighted by atomic mass is 10.2. The van der Waals surface area contributed by atoms with E-state index in [1.165, 1.54) is 23.5 Å². The van der Waals surface area contributed by atoms with Crippen LogP contribution in [-0.4, -0.2) is 23.8 Å². The molecule has 0 bridgehead atoms. The van der Waals surface area contributed by atoms with Crippen LogP contribution in [0.3, 0.4) is 0 Å². The number of hydrazone groups is 1. The number of halogens is 2. The standard InChI is InChI=1S/C21H19F2N3O3S/c1-2-28-20(27)10-18-13-30-21(25-18)26-24-11-14-3-5-19(6-4-14)29-12-15-7-16(22)9-17(23)8-15/h3-9,11,13H,2,10,12H2,1H3,(H,25,26). The first-order chi connectivity index (χ1) is 14.5. The zero-order valence-electron chi connectivity index (χ0n) is 16.1. The first kappa shape index (κ1) is 21.4. The molecule has 0 saturated heterocycles. The second kappa shape index (κ2) is 10.4. The SMILES string of the molecule is CCOC(=O)Cc1csc(NN=Cc2ccc(OCc3cc(F)cc(F)c3)cc2)n1. The third-order valence-electron chi connectivity index (χ3n) is 3.76. The van der Waals surface area contributed by atoms with E-state index in [9.17, 15) is 13.6 Å². The topological polar surface area (TPSA) is 72.8 Å². The van der Waals surface area contributed by atoms with Crippen LogP contribution >= 0.6 is 11.3 Å². The summed E-state index contributed by atoms with van der Waals surface area (Å²) in [6.07, 6.45) is 1.73. The van der Waals surface area contributed by atoms with Crippen LogP contribution < -0.4 is 10.2 Å². The number of hydrogen-bond donors (Lipinski definition) is 1. The van der Waals surface area contributed by atoms with Gasteiger partial charge in [0.1, 0.15) is 24.0 Å². The Kier molecular flexibility index (Phi) is 7.45. The van der Waals surface area contributed by atoms with Gasteiger partial charge in [-0.25, -0.2) is 13.8 Å². The molecule has 0 atom stereocenters. The highest BCUT2D eigenvalue weighted by Crippen LogP contribution is 2.17. The Morgan fingerprint density at radius 3 is 2.63 bits per heavy atom. The molecule has 3 rings (SSSR count). The van der Waals surface area contributed by atoms with Crippen molar-refractivity contribution < 1.29 is 23.0 Å². The molecule has 0 spiro atoms. The largest absolute Gasteiger partial charge is 0.489 e. The zero-order valence-corrected chi connectivity index (χ0v) is 16.9. The summed E-state index contributed by atoms with van der Waals surface area (Å²) in [7, 11) is 0. The van der Waals surface area contributed by atoms with Crippen molar-refractivity contribution >= 4 is 28.7 Å². The van der Waals surface area contributed by atoms with Crippen molar-refractivity contribution in [3.05, 3.63) is 76.3 Å². The van der Waals surface area contributed by atoms with E-state index in [-0.39, 0.29) is 19.0 Å². The third kappa shape index (κ3) is 6.63. The quantitative estimate of drug-likeness (QED) is 0.306. The Morgan fingerprint density at radius 2 is 1.93 bits per heavy atom. The van der Waals surface area contributed by atoms with Crippen LogP contribution in [-0.2, 0) is 22.6 Å². The van der Waals surface area contributed by atoms with Gasteiger partial charge in [-0.05, 0) is 54.4 Å². The van der Waals surface area contributed by atoms with Crippen molar-refractivity contribution in [2.24, 2.45) is 5.10 Å². The molecule has 6 nitrogen and oxygen atoms in total. The highest BCUT2D eigenvalue weighted by molar-refractivity contribution is 7.13. The Hall–Kier alpha value is -3.33. The van der Waals surface area contributed by atoms with Gasteiger partial charge in [-0.2, -0.15) is 5.10 Å². The van der Waals surface area contributed by atoms with Crippen molar-refractivity contribution in [3.8, 4) is 5.75 Å². The van der Waals surface area contributed by atoms with Crippen LogP contribution in [0.15, 0.2) is 52.9 Å². The van der Waals surface area contributed by atoms with Crippen molar-refractivity contribution in [1.82, 2.24) is 4.98 Å². The van der Waals surface area contributed by atoms with E-state index in [4.69, 9.17) is 9.47 Å². The van der Waals surface area contributed by atoms with Crippen LogP contribution in [0.1, 0.15) is 23.7 Å². The van der Waals surface area contributed by atoms with Crippen LogP contribution in [0.4, 0.5) is 13.9 Å². The van der Waals surface area contributed by atoms with Gasteiger partial charge in [0.25, 0.3) is 0 Å². The third-order valence-corrected chi connectivity index (χ3v) is 4.56. The molecule has 3 aromatic rings. The van der Waals surface area contributed by atoms with E-state index in [0.29, 0.717) is 28.7 Å². The van der Waals surface area contributed by atoms with Gasteiger partial charge in [-0.15, -0.1) is 11.3 Å². The molecule has 1 aromatic heterocycles. The average molecular weight is 431 g/mol. The molecular formula is C21H19F2N3O3S. The lowest BCUT2D eigenvalue weighted by molar-refractivity contribution is -0.142. The first-order valence-electron chi connectivity index (χ1n) is 9.09. The number of esters is 1. The van der Waals surface area contributed by atoms with Crippen LogP contribution in [0.25, 0.3) is 0 Å². The minimum absolute atomic E-state index is 0.0574. The van der Waals surface area contributed by atoms with Crippen molar-refractivity contribution in [3.63, 3.8) is 0 Å². The van der Waals surface area contributed by atoms with Gasteiger partial charge in [-0.3, -0.25) is 10.2 Å². The van der Waals surface area contributed by atoms with Gasteiger partial charge in [-0.1, -0.05) is 0 Å². The van der Waals surface area contributed by atoms with E-state index in [0.717, 1.165) is 11.6 Å². The van der Waals surface area contributed by atoms with E-state index in [2.05, 4.69) is 15.5 Å². The maximum atomic E-state index is 13.2. The first-order valence-corrected chi connectivity index (χ1v) is 9.96. The number of ether oxygens (including phenoxy) is 2. The Morgan fingerprint density at radius 1 is 1.20 bits per heavy atom. The molecule has 1 N–H and O–H groups in total. The summed E-state index contributed by atoms with van der Waals surface area (Å²) in [6, 6.07) is 10.3. The number of carbonyl (C=O) groups is 1. The molecule has 0 aliphatic heterocycles. The zero-order chi connectivity index (χ0) is 21.3. The predicted octanol–water partition coefficient (Wildman–Crippen LogP) is 4.55. The van der Waals surface area contributed by atoms with Gasteiger partial charge < -0.3 is 9.47 Å². The molecule has 0 aliphatic rings. The highest BCUT2D eigenvalue weighted by atomic mass is 32.1. The van der Waals surface area contributed by atoms with E-state index >= 15 is 0 Å². The smallest absolute Gasteiger partial charge is 0.311 e. The van der Waals surface area contributed by atoms with Gasteiger partial charge in [0.15, 0.2) is 0 Å². The lowest BCUT2D eigenvalue weighted by Crippen LogP contribution is -2.07. The maximum absolute atomic E-state index is 13.2. The van der Waals surface area contributed by atoms with Crippen molar-refractivity contribution in [1.29, 1.82) is 0 Å². The number of hydrogen-bond acceptors (Lipinski definition) is 7. The number of thiazole rings is 1. The molecule has 0 aliphatic carbocycles. The normalized spacial score (nSPS) is 10.9. The average Bonchev–Trinajstić information content (AvgIpc) is 3.14. The van der Waals surface area contributed by atoms with Gasteiger partial charge in [0.2, 0.25) is 5.13 Å². The Bertz CT molecular complexity index is 1000. The number of rotatable bonds is 9. The summed E-state index contributed by atoms with van der Waals surface area (Å²) in [5.74, 6) is -1.03. The molecular weight excluding hydrogens is 412 g/mol. The van der Waals surface area contributed by atoms with E-state index < -0.39 is 11.6 Å². The molecule has 1 heterocycles. The van der Waals surface area contributed by atoms with Gasteiger partial charge in [0.05, 0.1) is 24.9 Å². The molecule has 0 saturated carbocycles. The molecule has 0 fully saturated rings. The fourth-order valence-electron chi connectivity index (χ4n) is 2.47. The fraction of sp³-hybridized carbons (Fsp3) is 0.190. The van der Waals surface area contributed by atoms with Crippen LogP contribution in [0.5, 0.6) is 5.75 Å². The highest BCUT2D eigenvalue weighted by Gasteiger charge is 2.08. The number of nitrogens with one attached hydrogen (secondary N) is 1. The molecule has 0 unspecified atom stereocenters. The summed E-state index contributed by atoms with van der Waals surface area (Å²) < 4.78 is 36.8. The Balaban J connectivity index is 1.48. The van der Waals surface area contributed by atoms with E-state index in [1.807, 2.05) is 0 Å². The summed E-state index contributed by atoms with van der Waals surface area (Å²) in [6.45, 7) is 2.15. The summed E-state index contributed by atoms with van der Waals surface area (Å²) in [5.41, 5.74) is 4.66. The monoisotopic (exact) mass is 431 g/mol. The number of carbonyl (C=O) groups excluding carboxylic acids is 1. The number of aromatic nitrogens is 1. The molecule has 0 radical (unpaired) electrons. The molecule has 156 valence electrons. The predicted molar refractivity (Wildman–Crippen MR) is 111 cm³/mol. The van der Waals surface area contributed by atoms with Crippen molar-refractivity contribution in [2.75, 3.05) is 12.0 Å². The minimum Gasteiger partial charge on any atom is -0.489 e. The fourth-order valence-corrected chi connectivity index (χ4v) is 3.13. The number of benzene rings is 2. The van der Waals surface area contributed by atoms with Gasteiger partial charge >= 0.3 is 5.97 Å².